The van der Waals surface area contributed by atoms with E-state index >= 15 is 0 Å². The quantitative estimate of drug-likeness (QED) is 0.478. The molecule has 0 spiro atoms. The Labute approximate surface area is 206 Å². The number of alkyl halides is 3. The van der Waals surface area contributed by atoms with Gasteiger partial charge in [-0.2, -0.15) is 13.2 Å². The Morgan fingerprint density at radius 2 is 1.83 bits per heavy atom. The number of fused-ring (bicyclic) bond motifs is 1. The van der Waals surface area contributed by atoms with Gasteiger partial charge >= 0.3 is 12.2 Å². The van der Waals surface area contributed by atoms with Gasteiger partial charge in [-0.25, -0.2) is 14.8 Å². The van der Waals surface area contributed by atoms with E-state index in [2.05, 4.69) is 20.2 Å². The largest absolute Gasteiger partial charge is 0.439 e. The summed E-state index contributed by atoms with van der Waals surface area (Å²) in [5.41, 5.74) is 1.79. The number of urea groups is 1. The Kier molecular flexibility index (Phi) is 6.77. The molecule has 1 N–H and O–H groups in total. The van der Waals surface area contributed by atoms with Crippen LogP contribution in [0.25, 0.3) is 0 Å². The molecule has 36 heavy (non-hydrogen) atoms. The second-order valence-electron chi connectivity index (χ2n) is 8.99. The number of amides is 2. The van der Waals surface area contributed by atoms with Crippen LogP contribution in [0.15, 0.2) is 54.9 Å². The number of piperidine rings is 1. The van der Waals surface area contributed by atoms with E-state index in [1.165, 1.54) is 42.6 Å². The fourth-order valence-corrected chi connectivity index (χ4v) is 4.60. The second kappa shape index (κ2) is 10.1. The van der Waals surface area contributed by atoms with Gasteiger partial charge in [-0.15, -0.1) is 0 Å². The molecule has 2 aliphatic heterocycles. The molecule has 2 aromatic carbocycles. The van der Waals surface area contributed by atoms with Crippen molar-refractivity contribution in [3.05, 3.63) is 71.7 Å². The molecule has 0 bridgehead atoms. The maximum absolute atomic E-state index is 13.0. The van der Waals surface area contributed by atoms with Gasteiger partial charge in [0.05, 0.1) is 11.3 Å². The maximum atomic E-state index is 13.0. The number of carbonyl (C=O) groups excluding carboxylic acids is 1. The van der Waals surface area contributed by atoms with Crippen molar-refractivity contribution in [1.29, 1.82) is 0 Å². The third kappa shape index (κ3) is 5.59. The average Bonchev–Trinajstić information content (AvgIpc) is 3.28. The lowest BCUT2D eigenvalue weighted by molar-refractivity contribution is -0.137. The summed E-state index contributed by atoms with van der Waals surface area (Å²) in [6, 6.07) is 11.3. The zero-order chi connectivity index (χ0) is 25.1. The van der Waals surface area contributed by atoms with E-state index < -0.39 is 17.8 Å². The van der Waals surface area contributed by atoms with Crippen LogP contribution in [0.2, 0.25) is 0 Å². The third-order valence-electron chi connectivity index (χ3n) is 6.39. The van der Waals surface area contributed by atoms with Gasteiger partial charge in [0, 0.05) is 30.5 Å². The van der Waals surface area contributed by atoms with Crippen molar-refractivity contribution in [1.82, 2.24) is 14.9 Å². The van der Waals surface area contributed by atoms with Gasteiger partial charge < -0.3 is 10.1 Å². The van der Waals surface area contributed by atoms with Crippen LogP contribution >= 0.6 is 0 Å². The van der Waals surface area contributed by atoms with Gasteiger partial charge in [-0.3, -0.25) is 9.80 Å². The van der Waals surface area contributed by atoms with Crippen LogP contribution in [-0.2, 0) is 19.1 Å². The van der Waals surface area contributed by atoms with Gasteiger partial charge in [0.2, 0.25) is 5.88 Å². The third-order valence-corrected chi connectivity index (χ3v) is 6.39. The molecule has 1 saturated heterocycles. The summed E-state index contributed by atoms with van der Waals surface area (Å²) in [5, 5.41) is 2.57. The molecule has 10 heteroatoms. The van der Waals surface area contributed by atoms with E-state index in [-0.39, 0.29) is 5.69 Å². The van der Waals surface area contributed by atoms with E-state index in [4.69, 9.17) is 4.74 Å². The Morgan fingerprint density at radius 1 is 1.00 bits per heavy atom. The van der Waals surface area contributed by atoms with Crippen LogP contribution < -0.4 is 15.0 Å². The number of anilines is 2. The minimum atomic E-state index is -4.48. The molecule has 0 unspecified atom stereocenters. The van der Waals surface area contributed by atoms with E-state index in [9.17, 15) is 18.0 Å². The molecule has 0 radical (unpaired) electrons. The van der Waals surface area contributed by atoms with Crippen LogP contribution in [-0.4, -0.2) is 40.5 Å². The smallest absolute Gasteiger partial charge is 0.416 e. The summed E-state index contributed by atoms with van der Waals surface area (Å²) in [4.78, 5) is 25.3. The summed E-state index contributed by atoms with van der Waals surface area (Å²) in [7, 11) is 0. The fraction of sp³-hybridized carbons (Fsp3) is 0.346. The first-order valence-electron chi connectivity index (χ1n) is 11.9. The van der Waals surface area contributed by atoms with Gasteiger partial charge in [0.15, 0.2) is 0 Å². The molecule has 188 valence electrons. The summed E-state index contributed by atoms with van der Waals surface area (Å²) in [6.07, 6.45) is 1.32. The Bertz CT molecular complexity index is 1240. The van der Waals surface area contributed by atoms with E-state index in [0.29, 0.717) is 30.3 Å². The van der Waals surface area contributed by atoms with Crippen LogP contribution in [0.4, 0.5) is 29.3 Å². The predicted octanol–water partition coefficient (Wildman–Crippen LogP) is 5.87. The predicted molar refractivity (Wildman–Crippen MR) is 129 cm³/mol. The highest BCUT2D eigenvalue weighted by Gasteiger charge is 2.31. The summed E-state index contributed by atoms with van der Waals surface area (Å²) in [6.45, 7) is 3.32. The number of hydrogen-bond donors (Lipinski definition) is 1. The first kappa shape index (κ1) is 24.1. The SMILES string of the molecule is O=C(Nc1cccc(C(F)(F)F)c1)N1CCc2cc(Oc3cc(CN4CCCCC4)ncn3)ccc21. The second-order valence-corrected chi connectivity index (χ2v) is 8.99. The van der Waals surface area contributed by atoms with Crippen molar-refractivity contribution in [3.63, 3.8) is 0 Å². The highest BCUT2D eigenvalue weighted by Crippen LogP contribution is 2.34. The lowest BCUT2D eigenvalue weighted by Crippen LogP contribution is -2.33. The normalized spacial score (nSPS) is 16.0. The molecule has 0 aliphatic carbocycles. The lowest BCUT2D eigenvalue weighted by atomic mass is 10.1. The van der Waals surface area contributed by atoms with Gasteiger partial charge in [0.1, 0.15) is 12.1 Å². The number of aromatic nitrogens is 2. The van der Waals surface area contributed by atoms with Gasteiger partial charge in [0.25, 0.3) is 0 Å². The highest BCUT2D eigenvalue weighted by molar-refractivity contribution is 6.03. The number of halogens is 3. The van der Waals surface area contributed by atoms with Crippen LogP contribution in [0.3, 0.4) is 0 Å². The van der Waals surface area contributed by atoms with Gasteiger partial charge in [-0.1, -0.05) is 12.5 Å². The number of carbonyl (C=O) groups is 1. The first-order valence-corrected chi connectivity index (χ1v) is 11.9. The van der Waals surface area contributed by atoms with Crippen molar-refractivity contribution in [3.8, 4) is 11.6 Å². The van der Waals surface area contributed by atoms with E-state index in [0.717, 1.165) is 43.0 Å². The molecule has 1 aromatic heterocycles. The van der Waals surface area contributed by atoms with Crippen molar-refractivity contribution in [2.75, 3.05) is 29.9 Å². The number of rotatable bonds is 5. The Hall–Kier alpha value is -3.66. The van der Waals surface area contributed by atoms with Crippen molar-refractivity contribution in [2.45, 2.75) is 38.4 Å². The Morgan fingerprint density at radius 3 is 2.64 bits per heavy atom. The average molecular weight is 498 g/mol. The minimum absolute atomic E-state index is 0.0901. The monoisotopic (exact) mass is 497 g/mol. The number of likely N-dealkylation sites (tertiary alicyclic amines) is 1. The number of benzene rings is 2. The fourth-order valence-electron chi connectivity index (χ4n) is 4.60. The van der Waals surface area contributed by atoms with Crippen molar-refractivity contribution >= 4 is 17.4 Å². The van der Waals surface area contributed by atoms with Crippen LogP contribution in [0.5, 0.6) is 11.6 Å². The summed E-state index contributed by atoms with van der Waals surface area (Å²) < 4.78 is 44.9. The van der Waals surface area contributed by atoms with Crippen LogP contribution in [0.1, 0.15) is 36.1 Å². The topological polar surface area (TPSA) is 70.6 Å². The summed E-state index contributed by atoms with van der Waals surface area (Å²) in [5.74, 6) is 1.05. The summed E-state index contributed by atoms with van der Waals surface area (Å²) >= 11 is 0. The number of ether oxygens (including phenoxy) is 1. The van der Waals surface area contributed by atoms with Crippen molar-refractivity contribution in [2.24, 2.45) is 0 Å². The molecule has 5 rings (SSSR count). The van der Waals surface area contributed by atoms with Gasteiger partial charge in [-0.05, 0) is 74.3 Å². The minimum Gasteiger partial charge on any atom is -0.439 e. The molecule has 0 atom stereocenters. The molecular formula is C26H26F3N5O2. The first-order chi connectivity index (χ1) is 17.3. The highest BCUT2D eigenvalue weighted by atomic mass is 19.4. The maximum Gasteiger partial charge on any atom is 0.416 e. The molecule has 7 nitrogen and oxygen atoms in total. The zero-order valence-electron chi connectivity index (χ0n) is 19.6. The number of nitrogens with zero attached hydrogens (tertiary/aromatic N) is 4. The molecule has 1 fully saturated rings. The Balaban J connectivity index is 1.24. The molecule has 2 amide bonds. The molecule has 0 saturated carbocycles. The standard InChI is InChI=1S/C26H26F3N5O2/c27-26(28,29)19-5-4-6-20(14-19)32-25(35)34-12-9-18-13-22(7-8-23(18)34)36-24-15-21(30-17-31-24)16-33-10-2-1-3-11-33/h4-8,13-15,17H,1-3,9-12,16H2,(H,32,35). The molecule has 3 heterocycles. The molecule has 3 aromatic rings. The zero-order valence-corrected chi connectivity index (χ0v) is 19.6. The number of nitrogens with one attached hydrogen (secondary N) is 1. The van der Waals surface area contributed by atoms with Crippen LogP contribution in [0, 0.1) is 0 Å². The van der Waals surface area contributed by atoms with Crippen molar-refractivity contribution < 1.29 is 22.7 Å². The molecule has 2 aliphatic rings. The lowest BCUT2D eigenvalue weighted by Gasteiger charge is -2.25. The molecular weight excluding hydrogens is 471 g/mol. The number of hydrogen-bond acceptors (Lipinski definition) is 5. The van der Waals surface area contributed by atoms with E-state index in [1.807, 2.05) is 12.1 Å². The van der Waals surface area contributed by atoms with E-state index in [1.54, 1.807) is 12.1 Å².